The SMILES string of the molecule is C[C@H]1Cc2ccccc2N(C(=O)c2ccccc2-n2cnnn2)C1. The number of nitrogens with zero attached hydrogens (tertiary/aromatic N) is 5. The lowest BCUT2D eigenvalue weighted by Crippen LogP contribution is -2.39. The minimum absolute atomic E-state index is 0.0277. The van der Waals surface area contributed by atoms with Crippen LogP contribution in [0.15, 0.2) is 54.9 Å². The van der Waals surface area contributed by atoms with E-state index in [-0.39, 0.29) is 5.91 Å². The second kappa shape index (κ2) is 5.88. The topological polar surface area (TPSA) is 63.9 Å². The van der Waals surface area contributed by atoms with Crippen molar-refractivity contribution in [1.82, 2.24) is 20.2 Å². The number of hydrogen-bond donors (Lipinski definition) is 0. The predicted octanol–water partition coefficient (Wildman–Crippen LogP) is 2.50. The first-order valence-electron chi connectivity index (χ1n) is 7.96. The third kappa shape index (κ3) is 2.46. The van der Waals surface area contributed by atoms with E-state index in [2.05, 4.69) is 28.5 Å². The summed E-state index contributed by atoms with van der Waals surface area (Å²) in [4.78, 5) is 15.1. The van der Waals surface area contributed by atoms with Gasteiger partial charge < -0.3 is 4.90 Å². The molecule has 0 saturated carbocycles. The van der Waals surface area contributed by atoms with Gasteiger partial charge in [0.15, 0.2) is 0 Å². The number of benzene rings is 2. The van der Waals surface area contributed by atoms with Gasteiger partial charge in [-0.2, -0.15) is 4.68 Å². The van der Waals surface area contributed by atoms with E-state index in [1.807, 2.05) is 47.4 Å². The molecule has 0 bridgehead atoms. The highest BCUT2D eigenvalue weighted by Gasteiger charge is 2.28. The zero-order chi connectivity index (χ0) is 16.5. The summed E-state index contributed by atoms with van der Waals surface area (Å²) >= 11 is 0. The van der Waals surface area contributed by atoms with Crippen LogP contribution in [0.3, 0.4) is 0 Å². The lowest BCUT2D eigenvalue weighted by Gasteiger charge is -2.33. The fourth-order valence-electron chi connectivity index (χ4n) is 3.26. The van der Waals surface area contributed by atoms with Crippen LogP contribution in [0.4, 0.5) is 5.69 Å². The van der Waals surface area contributed by atoms with Crippen molar-refractivity contribution in [1.29, 1.82) is 0 Å². The minimum atomic E-state index is -0.0277. The number of para-hydroxylation sites is 2. The maximum Gasteiger partial charge on any atom is 0.260 e. The second-order valence-corrected chi connectivity index (χ2v) is 6.13. The third-order valence-electron chi connectivity index (χ3n) is 4.32. The summed E-state index contributed by atoms with van der Waals surface area (Å²) in [6, 6.07) is 15.5. The van der Waals surface area contributed by atoms with Crippen LogP contribution in [0.2, 0.25) is 0 Å². The Bertz CT molecular complexity index is 875. The van der Waals surface area contributed by atoms with Crippen LogP contribution in [0.1, 0.15) is 22.8 Å². The molecule has 1 aliphatic heterocycles. The van der Waals surface area contributed by atoms with E-state index in [1.165, 1.54) is 16.6 Å². The summed E-state index contributed by atoms with van der Waals surface area (Å²) < 4.78 is 1.52. The van der Waals surface area contributed by atoms with E-state index < -0.39 is 0 Å². The van der Waals surface area contributed by atoms with Crippen LogP contribution >= 0.6 is 0 Å². The highest BCUT2D eigenvalue weighted by Crippen LogP contribution is 2.31. The van der Waals surface area contributed by atoms with Gasteiger partial charge in [-0.25, -0.2) is 0 Å². The lowest BCUT2D eigenvalue weighted by molar-refractivity contribution is 0.0981. The van der Waals surface area contributed by atoms with Crippen LogP contribution in [0.25, 0.3) is 5.69 Å². The zero-order valence-electron chi connectivity index (χ0n) is 13.3. The number of anilines is 1. The molecule has 0 radical (unpaired) electrons. The molecule has 0 aliphatic carbocycles. The number of amides is 1. The first-order valence-corrected chi connectivity index (χ1v) is 7.96. The molecule has 6 nitrogen and oxygen atoms in total. The molecule has 1 atom stereocenters. The first-order chi connectivity index (χ1) is 11.7. The summed E-state index contributed by atoms with van der Waals surface area (Å²) in [6.07, 6.45) is 2.49. The summed E-state index contributed by atoms with van der Waals surface area (Å²) in [5.41, 5.74) is 3.48. The van der Waals surface area contributed by atoms with E-state index in [0.717, 1.165) is 12.1 Å². The van der Waals surface area contributed by atoms with Gasteiger partial charge in [0.25, 0.3) is 5.91 Å². The van der Waals surface area contributed by atoms with Gasteiger partial charge in [-0.15, -0.1) is 5.10 Å². The molecule has 6 heteroatoms. The van der Waals surface area contributed by atoms with Crippen LogP contribution in [0, 0.1) is 5.92 Å². The standard InChI is InChI=1S/C18H17N5O/c1-13-10-14-6-2-4-8-16(14)22(11-13)18(24)15-7-3-5-9-17(15)23-12-19-20-21-23/h2-9,12-13H,10-11H2,1H3/t13-/m0/s1. The molecular formula is C18H17N5O. The molecular weight excluding hydrogens is 302 g/mol. The second-order valence-electron chi connectivity index (χ2n) is 6.13. The average Bonchev–Trinajstić information content (AvgIpc) is 3.15. The summed E-state index contributed by atoms with van der Waals surface area (Å²) in [5.74, 6) is 0.393. The number of carbonyl (C=O) groups excluding carboxylic acids is 1. The van der Waals surface area contributed by atoms with E-state index in [0.29, 0.717) is 23.7 Å². The number of aromatic nitrogens is 4. The van der Waals surface area contributed by atoms with E-state index >= 15 is 0 Å². The predicted molar refractivity (Wildman–Crippen MR) is 90.1 cm³/mol. The smallest absolute Gasteiger partial charge is 0.260 e. The molecule has 0 saturated heterocycles. The molecule has 0 N–H and O–H groups in total. The van der Waals surface area contributed by atoms with Crippen molar-refractivity contribution in [2.45, 2.75) is 13.3 Å². The van der Waals surface area contributed by atoms with Crippen molar-refractivity contribution in [3.63, 3.8) is 0 Å². The van der Waals surface area contributed by atoms with Gasteiger partial charge in [0.05, 0.1) is 11.3 Å². The van der Waals surface area contributed by atoms with E-state index in [4.69, 9.17) is 0 Å². The monoisotopic (exact) mass is 319 g/mol. The molecule has 4 rings (SSSR count). The highest BCUT2D eigenvalue weighted by molar-refractivity contribution is 6.09. The summed E-state index contributed by atoms with van der Waals surface area (Å²) in [6.45, 7) is 2.88. The highest BCUT2D eigenvalue weighted by atomic mass is 16.2. The maximum absolute atomic E-state index is 13.3. The van der Waals surface area contributed by atoms with Crippen LogP contribution < -0.4 is 4.90 Å². The van der Waals surface area contributed by atoms with Crippen molar-refractivity contribution in [2.24, 2.45) is 5.92 Å². The average molecular weight is 319 g/mol. The van der Waals surface area contributed by atoms with Gasteiger partial charge in [-0.05, 0) is 46.5 Å². The number of rotatable bonds is 2. The molecule has 0 unspecified atom stereocenters. The molecule has 2 heterocycles. The first kappa shape index (κ1) is 14.6. The Hall–Kier alpha value is -3.02. The van der Waals surface area contributed by atoms with E-state index in [1.54, 1.807) is 0 Å². The quantitative estimate of drug-likeness (QED) is 0.728. The van der Waals surface area contributed by atoms with Crippen molar-refractivity contribution >= 4 is 11.6 Å². The molecule has 2 aromatic carbocycles. The van der Waals surface area contributed by atoms with Gasteiger partial charge in [0, 0.05) is 12.2 Å². The van der Waals surface area contributed by atoms with Crippen molar-refractivity contribution < 1.29 is 4.79 Å². The van der Waals surface area contributed by atoms with E-state index in [9.17, 15) is 4.79 Å². The van der Waals surface area contributed by atoms with Crippen LogP contribution in [0.5, 0.6) is 0 Å². The van der Waals surface area contributed by atoms with Crippen molar-refractivity contribution in [3.8, 4) is 5.69 Å². The maximum atomic E-state index is 13.3. The minimum Gasteiger partial charge on any atom is -0.308 e. The zero-order valence-corrected chi connectivity index (χ0v) is 13.3. The van der Waals surface area contributed by atoms with Crippen molar-refractivity contribution in [2.75, 3.05) is 11.4 Å². The normalized spacial score (nSPS) is 16.7. The summed E-state index contributed by atoms with van der Waals surface area (Å²) in [5, 5.41) is 11.3. The largest absolute Gasteiger partial charge is 0.308 e. The molecule has 120 valence electrons. The fourth-order valence-corrected chi connectivity index (χ4v) is 3.26. The number of tetrazole rings is 1. The Morgan fingerprint density at radius 2 is 1.83 bits per heavy atom. The van der Waals surface area contributed by atoms with Gasteiger partial charge in [0.2, 0.25) is 0 Å². The molecule has 1 aliphatic rings. The Balaban J connectivity index is 1.78. The lowest BCUT2D eigenvalue weighted by atomic mass is 9.93. The fraction of sp³-hybridized carbons (Fsp3) is 0.222. The van der Waals surface area contributed by atoms with Gasteiger partial charge in [-0.1, -0.05) is 37.3 Å². The third-order valence-corrected chi connectivity index (χ3v) is 4.32. The van der Waals surface area contributed by atoms with Gasteiger partial charge >= 0.3 is 0 Å². The number of carbonyl (C=O) groups is 1. The van der Waals surface area contributed by atoms with Crippen LogP contribution in [-0.2, 0) is 6.42 Å². The van der Waals surface area contributed by atoms with Crippen LogP contribution in [-0.4, -0.2) is 32.7 Å². The summed E-state index contributed by atoms with van der Waals surface area (Å²) in [7, 11) is 0. The Morgan fingerprint density at radius 1 is 1.08 bits per heavy atom. The Labute approximate surface area is 139 Å². The Morgan fingerprint density at radius 3 is 2.62 bits per heavy atom. The molecule has 0 spiro atoms. The molecule has 0 fully saturated rings. The Kier molecular flexibility index (Phi) is 3.57. The molecule has 1 amide bonds. The van der Waals surface area contributed by atoms with Gasteiger partial charge in [0.1, 0.15) is 6.33 Å². The van der Waals surface area contributed by atoms with Crippen molar-refractivity contribution in [3.05, 3.63) is 66.0 Å². The van der Waals surface area contributed by atoms with Gasteiger partial charge in [-0.3, -0.25) is 4.79 Å². The number of fused-ring (bicyclic) bond motifs is 1. The number of hydrogen-bond acceptors (Lipinski definition) is 4. The molecule has 3 aromatic rings. The molecule has 24 heavy (non-hydrogen) atoms. The molecule has 1 aromatic heterocycles.